The first-order chi connectivity index (χ1) is 8.08. The van der Waals surface area contributed by atoms with Crippen LogP contribution >= 0.6 is 0 Å². The molecule has 0 saturated carbocycles. The van der Waals surface area contributed by atoms with Crippen LogP contribution in [0.5, 0.6) is 0 Å². The first-order valence-electron chi connectivity index (χ1n) is 5.47. The monoisotopic (exact) mass is 292 g/mol. The van der Waals surface area contributed by atoms with Crippen molar-refractivity contribution in [2.24, 2.45) is 0 Å². The Labute approximate surface area is 105 Å². The maximum atomic E-state index is 12.2. The molecular formula is C9H19F3N2O3S. The van der Waals surface area contributed by atoms with Crippen LogP contribution < -0.4 is 5.32 Å². The summed E-state index contributed by atoms with van der Waals surface area (Å²) in [6.45, 7) is 0.898. The molecule has 0 heterocycles. The molecule has 2 N–H and O–H groups in total. The van der Waals surface area contributed by atoms with Crippen molar-refractivity contribution in [1.82, 2.24) is 9.62 Å². The van der Waals surface area contributed by atoms with Gasteiger partial charge in [-0.3, -0.25) is 0 Å². The zero-order chi connectivity index (χ0) is 14.4. The fourth-order valence-electron chi connectivity index (χ4n) is 1.23. The molecule has 0 fully saturated rings. The van der Waals surface area contributed by atoms with Gasteiger partial charge in [-0.05, 0) is 0 Å². The summed E-state index contributed by atoms with van der Waals surface area (Å²) in [6.07, 6.45) is -4.62. The third-order valence-electron chi connectivity index (χ3n) is 2.01. The molecule has 18 heavy (non-hydrogen) atoms. The van der Waals surface area contributed by atoms with Gasteiger partial charge in [-0.2, -0.15) is 17.5 Å². The van der Waals surface area contributed by atoms with Crippen molar-refractivity contribution in [1.29, 1.82) is 0 Å². The van der Waals surface area contributed by atoms with E-state index in [2.05, 4.69) is 5.32 Å². The lowest BCUT2D eigenvalue weighted by molar-refractivity contribution is -0.136. The lowest BCUT2D eigenvalue weighted by Crippen LogP contribution is -2.43. The topological polar surface area (TPSA) is 69.6 Å². The van der Waals surface area contributed by atoms with Gasteiger partial charge in [0.15, 0.2) is 0 Å². The van der Waals surface area contributed by atoms with Crippen molar-refractivity contribution >= 4 is 10.0 Å². The van der Waals surface area contributed by atoms with Gasteiger partial charge in [0.2, 0.25) is 10.0 Å². The number of nitrogens with zero attached hydrogens (tertiary/aromatic N) is 1. The molecule has 0 aliphatic rings. The van der Waals surface area contributed by atoms with Crippen molar-refractivity contribution < 1.29 is 26.7 Å². The molecule has 0 aromatic rings. The minimum atomic E-state index is -4.62. The molecule has 0 amide bonds. The minimum Gasteiger partial charge on any atom is -0.395 e. The van der Waals surface area contributed by atoms with E-state index in [1.54, 1.807) is 13.8 Å². The van der Waals surface area contributed by atoms with E-state index >= 15 is 0 Å². The van der Waals surface area contributed by atoms with E-state index in [1.165, 1.54) is 0 Å². The number of alkyl halides is 3. The van der Waals surface area contributed by atoms with Crippen LogP contribution in [0.3, 0.4) is 0 Å². The van der Waals surface area contributed by atoms with Crippen LogP contribution in [0.4, 0.5) is 13.2 Å². The van der Waals surface area contributed by atoms with Crippen LogP contribution in [0.25, 0.3) is 0 Å². The van der Waals surface area contributed by atoms with Crippen LogP contribution in [0.15, 0.2) is 0 Å². The number of rotatable bonds is 8. The molecule has 0 rings (SSSR count). The number of sulfonamides is 1. The Morgan fingerprint density at radius 1 is 1.33 bits per heavy atom. The fraction of sp³-hybridized carbons (Fsp3) is 1.00. The van der Waals surface area contributed by atoms with Crippen LogP contribution in [0.2, 0.25) is 0 Å². The van der Waals surface area contributed by atoms with Gasteiger partial charge < -0.3 is 10.4 Å². The second kappa shape index (κ2) is 7.27. The lowest BCUT2D eigenvalue weighted by atomic mass is 10.4. The van der Waals surface area contributed by atoms with E-state index in [4.69, 9.17) is 5.11 Å². The predicted octanol–water partition coefficient (Wildman–Crippen LogP) is 0.171. The van der Waals surface area contributed by atoms with Gasteiger partial charge in [-0.1, -0.05) is 13.8 Å². The predicted molar refractivity (Wildman–Crippen MR) is 61.6 cm³/mol. The summed E-state index contributed by atoms with van der Waals surface area (Å²) in [7, 11) is -4.02. The number of halogens is 3. The molecule has 9 heteroatoms. The Bertz CT molecular complexity index is 330. The van der Waals surface area contributed by atoms with Crippen molar-refractivity contribution in [3.05, 3.63) is 0 Å². The number of aliphatic hydroxyl groups excluding tert-OH is 1. The molecule has 0 aliphatic carbocycles. The van der Waals surface area contributed by atoms with E-state index in [1.807, 2.05) is 0 Å². The molecule has 0 unspecified atom stereocenters. The normalized spacial score (nSPS) is 13.6. The van der Waals surface area contributed by atoms with Gasteiger partial charge in [-0.25, -0.2) is 8.42 Å². The molecule has 110 valence electrons. The summed E-state index contributed by atoms with van der Waals surface area (Å²) in [4.78, 5) is 0. The molecular weight excluding hydrogens is 273 g/mol. The highest BCUT2D eigenvalue weighted by molar-refractivity contribution is 7.89. The van der Waals surface area contributed by atoms with Gasteiger partial charge in [0.1, 0.15) is 6.54 Å². The number of hydrogen-bond donors (Lipinski definition) is 2. The molecule has 0 bridgehead atoms. The maximum Gasteiger partial charge on any atom is 0.402 e. The Hall–Kier alpha value is -0.380. The van der Waals surface area contributed by atoms with Gasteiger partial charge in [0, 0.05) is 19.1 Å². The van der Waals surface area contributed by atoms with E-state index in [-0.39, 0.29) is 16.9 Å². The highest BCUT2D eigenvalue weighted by Gasteiger charge is 2.35. The zero-order valence-corrected chi connectivity index (χ0v) is 11.2. The molecule has 0 saturated heterocycles. The SMILES string of the molecule is CC(C)NCCS(=O)(=O)N(CCO)CC(F)(F)F. The summed E-state index contributed by atoms with van der Waals surface area (Å²) >= 11 is 0. The maximum absolute atomic E-state index is 12.2. The average molecular weight is 292 g/mol. The van der Waals surface area contributed by atoms with E-state index < -0.39 is 41.6 Å². The molecule has 0 atom stereocenters. The molecule has 0 aromatic carbocycles. The van der Waals surface area contributed by atoms with Crippen LogP contribution in [-0.4, -0.2) is 62.0 Å². The van der Waals surface area contributed by atoms with E-state index in [9.17, 15) is 21.6 Å². The van der Waals surface area contributed by atoms with Gasteiger partial charge in [0.25, 0.3) is 0 Å². The summed E-state index contributed by atoms with van der Waals surface area (Å²) in [5.41, 5.74) is 0. The van der Waals surface area contributed by atoms with Gasteiger partial charge in [-0.15, -0.1) is 0 Å². The van der Waals surface area contributed by atoms with Crippen LogP contribution in [0, 0.1) is 0 Å². The smallest absolute Gasteiger partial charge is 0.395 e. The lowest BCUT2D eigenvalue weighted by Gasteiger charge is -2.22. The first kappa shape index (κ1) is 17.6. The first-order valence-corrected chi connectivity index (χ1v) is 7.08. The summed E-state index contributed by atoms with van der Waals surface area (Å²) in [6, 6.07) is 0.0501. The zero-order valence-electron chi connectivity index (χ0n) is 10.4. The largest absolute Gasteiger partial charge is 0.402 e. The van der Waals surface area contributed by atoms with Gasteiger partial charge in [0.05, 0.1) is 12.4 Å². The quantitative estimate of drug-likeness (QED) is 0.669. The van der Waals surface area contributed by atoms with Crippen molar-refractivity contribution in [3.63, 3.8) is 0 Å². The highest BCUT2D eigenvalue weighted by atomic mass is 32.2. The summed E-state index contributed by atoms with van der Waals surface area (Å²) in [5.74, 6) is -0.429. The molecule has 0 radical (unpaired) electrons. The Balaban J connectivity index is 4.56. The van der Waals surface area contributed by atoms with E-state index in [0.29, 0.717) is 0 Å². The molecule has 0 aromatic heterocycles. The Morgan fingerprint density at radius 3 is 2.28 bits per heavy atom. The Kier molecular flexibility index (Phi) is 7.11. The fourth-order valence-corrected chi connectivity index (χ4v) is 2.57. The number of nitrogens with one attached hydrogen (secondary N) is 1. The number of hydrogen-bond acceptors (Lipinski definition) is 4. The third-order valence-corrected chi connectivity index (χ3v) is 3.83. The molecule has 5 nitrogen and oxygen atoms in total. The molecule has 0 spiro atoms. The van der Waals surface area contributed by atoms with Crippen molar-refractivity contribution in [3.8, 4) is 0 Å². The number of aliphatic hydroxyl groups is 1. The van der Waals surface area contributed by atoms with Crippen LogP contribution in [-0.2, 0) is 10.0 Å². The summed E-state index contributed by atoms with van der Waals surface area (Å²) in [5, 5.41) is 11.4. The third kappa shape index (κ3) is 7.85. The minimum absolute atomic E-state index is 0.0501. The van der Waals surface area contributed by atoms with E-state index in [0.717, 1.165) is 0 Å². The molecule has 0 aliphatic heterocycles. The van der Waals surface area contributed by atoms with Gasteiger partial charge >= 0.3 is 6.18 Å². The second-order valence-electron chi connectivity index (χ2n) is 4.10. The average Bonchev–Trinajstić information content (AvgIpc) is 2.14. The standard InChI is InChI=1S/C9H19F3N2O3S/c1-8(2)13-3-6-18(16,17)14(4-5-15)7-9(10,11)12/h8,13,15H,3-7H2,1-2H3. The summed E-state index contributed by atoms with van der Waals surface area (Å²) < 4.78 is 60.2. The van der Waals surface area contributed by atoms with Crippen molar-refractivity contribution in [2.45, 2.75) is 26.1 Å². The van der Waals surface area contributed by atoms with Crippen molar-refractivity contribution in [2.75, 3.05) is 32.0 Å². The second-order valence-corrected chi connectivity index (χ2v) is 6.19. The van der Waals surface area contributed by atoms with Crippen LogP contribution in [0.1, 0.15) is 13.8 Å². The Morgan fingerprint density at radius 2 is 1.89 bits per heavy atom. The highest BCUT2D eigenvalue weighted by Crippen LogP contribution is 2.18.